The first-order chi connectivity index (χ1) is 5.93. The molecule has 0 atom stereocenters. The number of thioether (sulfide) groups is 1. The zero-order valence-electron chi connectivity index (χ0n) is 7.25. The molecule has 1 rings (SSSR count). The Kier molecular flexibility index (Phi) is 5.39. The van der Waals surface area contributed by atoms with Gasteiger partial charge in [0, 0.05) is 18.1 Å². The van der Waals surface area contributed by atoms with E-state index < -0.39 is 0 Å². The quantitative estimate of drug-likeness (QED) is 0.714. The molecule has 0 aromatic carbocycles. The molecule has 2 nitrogen and oxygen atoms in total. The third-order valence-corrected chi connectivity index (χ3v) is 2.94. The molecule has 0 saturated heterocycles. The van der Waals surface area contributed by atoms with E-state index in [9.17, 15) is 0 Å². The van der Waals surface area contributed by atoms with Gasteiger partial charge in [-0.25, -0.2) is 4.98 Å². The van der Waals surface area contributed by atoms with Crippen molar-refractivity contribution in [1.29, 1.82) is 0 Å². The van der Waals surface area contributed by atoms with Crippen molar-refractivity contribution in [2.24, 2.45) is 0 Å². The summed E-state index contributed by atoms with van der Waals surface area (Å²) in [5.74, 6) is 1.24. The van der Waals surface area contributed by atoms with E-state index in [4.69, 9.17) is 0 Å². The molecule has 0 unspecified atom stereocenters. The third-order valence-electron chi connectivity index (χ3n) is 1.46. The van der Waals surface area contributed by atoms with Crippen LogP contribution >= 0.6 is 23.1 Å². The fourth-order valence-electron chi connectivity index (χ4n) is 0.877. The minimum atomic E-state index is 0.923. The van der Waals surface area contributed by atoms with Crippen LogP contribution in [-0.4, -0.2) is 23.5 Å². The Hall–Kier alpha value is -0.0600. The molecule has 0 aliphatic heterocycles. The molecule has 1 aromatic rings. The zero-order chi connectivity index (χ0) is 8.65. The van der Waals surface area contributed by atoms with Gasteiger partial charge in [0.2, 0.25) is 0 Å². The van der Waals surface area contributed by atoms with E-state index in [0.29, 0.717) is 0 Å². The second kappa shape index (κ2) is 6.46. The highest BCUT2D eigenvalue weighted by molar-refractivity contribution is 7.98. The van der Waals surface area contributed by atoms with Crippen LogP contribution in [0.4, 0.5) is 0 Å². The minimum Gasteiger partial charge on any atom is -0.310 e. The smallest absolute Gasteiger partial charge is 0.106 e. The molecule has 12 heavy (non-hydrogen) atoms. The molecule has 0 amide bonds. The summed E-state index contributed by atoms with van der Waals surface area (Å²) in [7, 11) is 0. The van der Waals surface area contributed by atoms with Crippen LogP contribution in [0, 0.1) is 0 Å². The van der Waals surface area contributed by atoms with Crippen molar-refractivity contribution in [2.75, 3.05) is 18.6 Å². The third kappa shape index (κ3) is 4.09. The summed E-state index contributed by atoms with van der Waals surface area (Å²) in [5, 5.41) is 6.55. The average Bonchev–Trinajstić information content (AvgIpc) is 2.57. The Labute approximate surface area is 81.8 Å². The van der Waals surface area contributed by atoms with Crippen LogP contribution < -0.4 is 5.32 Å². The molecule has 0 aliphatic rings. The van der Waals surface area contributed by atoms with Crippen molar-refractivity contribution in [3.8, 4) is 0 Å². The predicted molar refractivity (Wildman–Crippen MR) is 56.8 cm³/mol. The normalized spacial score (nSPS) is 10.4. The lowest BCUT2D eigenvalue weighted by Crippen LogP contribution is -2.14. The van der Waals surface area contributed by atoms with E-state index in [0.717, 1.165) is 13.1 Å². The van der Waals surface area contributed by atoms with Crippen molar-refractivity contribution in [2.45, 2.75) is 13.0 Å². The fraction of sp³-hybridized carbons (Fsp3) is 0.625. The number of aromatic nitrogens is 1. The van der Waals surface area contributed by atoms with Crippen LogP contribution in [0.15, 0.2) is 11.6 Å². The van der Waals surface area contributed by atoms with Gasteiger partial charge in [0.1, 0.15) is 5.01 Å². The van der Waals surface area contributed by atoms with Crippen molar-refractivity contribution in [3.63, 3.8) is 0 Å². The molecule has 0 bridgehead atoms. The van der Waals surface area contributed by atoms with E-state index >= 15 is 0 Å². The van der Waals surface area contributed by atoms with Crippen LogP contribution in [0.25, 0.3) is 0 Å². The lowest BCUT2D eigenvalue weighted by Gasteiger charge is -2.00. The molecule has 0 radical (unpaired) electrons. The van der Waals surface area contributed by atoms with Gasteiger partial charge in [-0.05, 0) is 25.0 Å². The Morgan fingerprint density at radius 1 is 1.67 bits per heavy atom. The SMILES string of the molecule is CSCCCNCc1nccs1. The van der Waals surface area contributed by atoms with Crippen molar-refractivity contribution in [1.82, 2.24) is 10.3 Å². The average molecular weight is 202 g/mol. The molecule has 68 valence electrons. The highest BCUT2D eigenvalue weighted by Crippen LogP contribution is 2.02. The molecular formula is C8H14N2S2. The Morgan fingerprint density at radius 2 is 2.58 bits per heavy atom. The summed E-state index contributed by atoms with van der Waals surface area (Å²) in [6.07, 6.45) is 5.23. The molecule has 0 fully saturated rings. The van der Waals surface area contributed by atoms with E-state index in [1.807, 2.05) is 23.3 Å². The number of hydrogen-bond acceptors (Lipinski definition) is 4. The first kappa shape index (κ1) is 10.0. The standard InChI is InChI=1S/C8H14N2S2/c1-11-5-2-3-9-7-8-10-4-6-12-8/h4,6,9H,2-3,5,7H2,1H3. The van der Waals surface area contributed by atoms with Crippen molar-refractivity contribution < 1.29 is 0 Å². The zero-order valence-corrected chi connectivity index (χ0v) is 8.88. The van der Waals surface area contributed by atoms with Gasteiger partial charge in [0.05, 0.1) is 0 Å². The minimum absolute atomic E-state index is 0.923. The Bertz CT molecular complexity index is 187. The van der Waals surface area contributed by atoms with Crippen LogP contribution in [0.5, 0.6) is 0 Å². The van der Waals surface area contributed by atoms with Crippen LogP contribution in [0.2, 0.25) is 0 Å². The summed E-state index contributed by atoms with van der Waals surface area (Å²) in [6, 6.07) is 0. The highest BCUT2D eigenvalue weighted by atomic mass is 32.2. The lowest BCUT2D eigenvalue weighted by molar-refractivity contribution is 0.676. The molecule has 1 N–H and O–H groups in total. The van der Waals surface area contributed by atoms with Gasteiger partial charge in [-0.3, -0.25) is 0 Å². The maximum atomic E-state index is 4.18. The predicted octanol–water partition coefficient (Wildman–Crippen LogP) is 1.99. The summed E-state index contributed by atoms with van der Waals surface area (Å²) in [4.78, 5) is 4.18. The number of hydrogen-bond donors (Lipinski definition) is 1. The van der Waals surface area contributed by atoms with Crippen molar-refractivity contribution >= 4 is 23.1 Å². The lowest BCUT2D eigenvalue weighted by atomic mass is 10.5. The molecular weight excluding hydrogens is 188 g/mol. The highest BCUT2D eigenvalue weighted by Gasteiger charge is 1.92. The first-order valence-corrected chi connectivity index (χ1v) is 6.29. The second-order valence-corrected chi connectivity index (χ2v) is 4.41. The Balaban J connectivity index is 1.96. The van der Waals surface area contributed by atoms with E-state index in [2.05, 4.69) is 16.6 Å². The molecule has 0 aliphatic carbocycles. The molecule has 1 heterocycles. The number of nitrogens with one attached hydrogen (secondary N) is 1. The van der Waals surface area contributed by atoms with Crippen molar-refractivity contribution in [3.05, 3.63) is 16.6 Å². The number of nitrogens with zero attached hydrogens (tertiary/aromatic N) is 1. The van der Waals surface area contributed by atoms with Crippen LogP contribution in [-0.2, 0) is 6.54 Å². The van der Waals surface area contributed by atoms with E-state index in [1.165, 1.54) is 17.2 Å². The maximum absolute atomic E-state index is 4.18. The first-order valence-electron chi connectivity index (χ1n) is 4.01. The van der Waals surface area contributed by atoms with E-state index in [-0.39, 0.29) is 0 Å². The molecule has 0 spiro atoms. The summed E-state index contributed by atoms with van der Waals surface area (Å²) >= 11 is 3.60. The van der Waals surface area contributed by atoms with Gasteiger partial charge in [0.25, 0.3) is 0 Å². The monoisotopic (exact) mass is 202 g/mol. The van der Waals surface area contributed by atoms with E-state index in [1.54, 1.807) is 11.3 Å². The van der Waals surface area contributed by atoms with Crippen LogP contribution in [0.3, 0.4) is 0 Å². The van der Waals surface area contributed by atoms with Gasteiger partial charge in [-0.15, -0.1) is 11.3 Å². The summed E-state index contributed by atoms with van der Waals surface area (Å²) < 4.78 is 0. The second-order valence-electron chi connectivity index (χ2n) is 2.45. The maximum Gasteiger partial charge on any atom is 0.106 e. The van der Waals surface area contributed by atoms with Gasteiger partial charge in [-0.1, -0.05) is 0 Å². The molecule has 1 aromatic heterocycles. The number of rotatable bonds is 6. The van der Waals surface area contributed by atoms with Gasteiger partial charge >= 0.3 is 0 Å². The van der Waals surface area contributed by atoms with Gasteiger partial charge < -0.3 is 5.32 Å². The molecule has 0 saturated carbocycles. The number of thiazole rings is 1. The summed E-state index contributed by atoms with van der Waals surface area (Å²) in [6.45, 7) is 2.02. The largest absolute Gasteiger partial charge is 0.310 e. The topological polar surface area (TPSA) is 24.9 Å². The Morgan fingerprint density at radius 3 is 3.25 bits per heavy atom. The fourth-order valence-corrected chi connectivity index (χ4v) is 1.90. The molecule has 4 heteroatoms. The summed E-state index contributed by atoms with van der Waals surface area (Å²) in [5.41, 5.74) is 0. The van der Waals surface area contributed by atoms with Crippen LogP contribution in [0.1, 0.15) is 11.4 Å². The van der Waals surface area contributed by atoms with Gasteiger partial charge in [-0.2, -0.15) is 11.8 Å². The van der Waals surface area contributed by atoms with Gasteiger partial charge in [0.15, 0.2) is 0 Å².